The SMILES string of the molecule is Cc1nc2cc(CNC(=O)CC#N)ccc2n1C. The summed E-state index contributed by atoms with van der Waals surface area (Å²) < 4.78 is 2.02. The molecule has 0 unspecified atom stereocenters. The molecule has 0 aliphatic heterocycles. The van der Waals surface area contributed by atoms with Gasteiger partial charge < -0.3 is 9.88 Å². The van der Waals surface area contributed by atoms with Crippen molar-refractivity contribution in [3.05, 3.63) is 29.6 Å². The Bertz CT molecular complexity index is 636. The number of carbonyl (C=O) groups is 1. The molecule has 1 aromatic carbocycles. The van der Waals surface area contributed by atoms with E-state index >= 15 is 0 Å². The van der Waals surface area contributed by atoms with Crippen LogP contribution in [0.1, 0.15) is 17.8 Å². The summed E-state index contributed by atoms with van der Waals surface area (Å²) in [6, 6.07) is 7.71. The summed E-state index contributed by atoms with van der Waals surface area (Å²) in [6.07, 6.45) is -0.106. The second-order valence-electron chi connectivity index (χ2n) is 4.15. The second-order valence-corrected chi connectivity index (χ2v) is 4.15. The van der Waals surface area contributed by atoms with E-state index in [4.69, 9.17) is 5.26 Å². The largest absolute Gasteiger partial charge is 0.351 e. The highest BCUT2D eigenvalue weighted by atomic mass is 16.1. The molecule has 0 saturated carbocycles. The predicted octanol–water partition coefficient (Wildman–Crippen LogP) is 1.41. The lowest BCUT2D eigenvalue weighted by Crippen LogP contribution is -2.21. The summed E-state index contributed by atoms with van der Waals surface area (Å²) in [7, 11) is 1.97. The Kier molecular flexibility index (Phi) is 3.28. The molecule has 1 N–H and O–H groups in total. The van der Waals surface area contributed by atoms with Crippen LogP contribution in [-0.2, 0) is 18.4 Å². The van der Waals surface area contributed by atoms with Gasteiger partial charge in [0.1, 0.15) is 12.2 Å². The number of aryl methyl sites for hydroxylation is 2. The Morgan fingerprint density at radius 1 is 1.56 bits per heavy atom. The van der Waals surface area contributed by atoms with Gasteiger partial charge in [-0.2, -0.15) is 5.26 Å². The number of aromatic nitrogens is 2. The first-order valence-electron chi connectivity index (χ1n) is 5.67. The molecule has 2 rings (SSSR count). The zero-order valence-electron chi connectivity index (χ0n) is 10.4. The maximum absolute atomic E-state index is 11.2. The van der Waals surface area contributed by atoms with E-state index < -0.39 is 0 Å². The Labute approximate surface area is 105 Å². The number of benzene rings is 1. The van der Waals surface area contributed by atoms with Crippen molar-refractivity contribution in [1.82, 2.24) is 14.9 Å². The zero-order chi connectivity index (χ0) is 13.1. The molecule has 1 aromatic heterocycles. The van der Waals surface area contributed by atoms with Crippen LogP contribution in [0.3, 0.4) is 0 Å². The lowest BCUT2D eigenvalue weighted by molar-refractivity contribution is -0.120. The molecule has 0 radical (unpaired) electrons. The van der Waals surface area contributed by atoms with Gasteiger partial charge in [-0.25, -0.2) is 4.98 Å². The van der Waals surface area contributed by atoms with E-state index in [1.54, 1.807) is 0 Å². The molecule has 2 aromatic rings. The fraction of sp³-hybridized carbons (Fsp3) is 0.308. The quantitative estimate of drug-likeness (QED) is 0.884. The molecule has 5 heteroatoms. The van der Waals surface area contributed by atoms with E-state index in [1.807, 2.05) is 42.8 Å². The number of carbonyl (C=O) groups excluding carboxylic acids is 1. The highest BCUT2D eigenvalue weighted by Crippen LogP contribution is 2.16. The Morgan fingerprint density at radius 2 is 2.33 bits per heavy atom. The number of amides is 1. The molecule has 18 heavy (non-hydrogen) atoms. The van der Waals surface area contributed by atoms with Crippen LogP contribution in [0.5, 0.6) is 0 Å². The molecule has 1 amide bonds. The van der Waals surface area contributed by atoms with Gasteiger partial charge in [0.2, 0.25) is 5.91 Å². The van der Waals surface area contributed by atoms with Gasteiger partial charge in [-0.1, -0.05) is 6.07 Å². The highest BCUT2D eigenvalue weighted by Gasteiger charge is 2.05. The van der Waals surface area contributed by atoms with Crippen molar-refractivity contribution in [2.45, 2.75) is 19.9 Å². The monoisotopic (exact) mass is 242 g/mol. The minimum absolute atomic E-state index is 0.106. The smallest absolute Gasteiger partial charge is 0.234 e. The normalized spacial score (nSPS) is 10.3. The third kappa shape index (κ3) is 2.33. The Balaban J connectivity index is 2.16. The second kappa shape index (κ2) is 4.88. The van der Waals surface area contributed by atoms with Crippen molar-refractivity contribution in [3.63, 3.8) is 0 Å². The van der Waals surface area contributed by atoms with Crippen molar-refractivity contribution in [3.8, 4) is 6.07 Å². The average Bonchev–Trinajstić information content (AvgIpc) is 2.63. The molecule has 0 aliphatic rings. The number of nitrogens with zero attached hydrogens (tertiary/aromatic N) is 3. The lowest BCUT2D eigenvalue weighted by atomic mass is 10.2. The summed E-state index contributed by atoms with van der Waals surface area (Å²) in [6.45, 7) is 2.38. The first kappa shape index (κ1) is 12.1. The predicted molar refractivity (Wildman–Crippen MR) is 67.5 cm³/mol. The van der Waals surface area contributed by atoms with Crippen molar-refractivity contribution < 1.29 is 4.79 Å². The molecule has 92 valence electrons. The van der Waals surface area contributed by atoms with Gasteiger partial charge in [0, 0.05) is 13.6 Å². The summed E-state index contributed by atoms with van der Waals surface area (Å²) >= 11 is 0. The number of nitriles is 1. The van der Waals surface area contributed by atoms with Crippen LogP contribution >= 0.6 is 0 Å². The van der Waals surface area contributed by atoms with Gasteiger partial charge in [0.15, 0.2) is 0 Å². The minimum Gasteiger partial charge on any atom is -0.351 e. The molecule has 1 heterocycles. The van der Waals surface area contributed by atoms with Gasteiger partial charge in [-0.3, -0.25) is 4.79 Å². The van der Waals surface area contributed by atoms with Gasteiger partial charge >= 0.3 is 0 Å². The summed E-state index contributed by atoms with van der Waals surface area (Å²) in [5.41, 5.74) is 2.97. The fourth-order valence-electron chi connectivity index (χ4n) is 1.81. The molecule has 0 fully saturated rings. The first-order valence-corrected chi connectivity index (χ1v) is 5.67. The van der Waals surface area contributed by atoms with Gasteiger partial charge in [0.25, 0.3) is 0 Å². The highest BCUT2D eigenvalue weighted by molar-refractivity contribution is 5.79. The minimum atomic E-state index is -0.255. The molecule has 0 spiro atoms. The van der Waals surface area contributed by atoms with Crippen molar-refractivity contribution >= 4 is 16.9 Å². The first-order chi connectivity index (χ1) is 8.61. The van der Waals surface area contributed by atoms with Crippen LogP contribution in [0.4, 0.5) is 0 Å². The van der Waals surface area contributed by atoms with Crippen LogP contribution in [0, 0.1) is 18.3 Å². The molecule has 5 nitrogen and oxygen atoms in total. The topological polar surface area (TPSA) is 70.7 Å². The Hall–Kier alpha value is -2.35. The molecular weight excluding hydrogens is 228 g/mol. The molecule has 0 saturated heterocycles. The standard InChI is InChI=1S/C13H14N4O/c1-9-16-11-7-10(3-4-12(11)17(9)2)8-15-13(18)5-6-14/h3-4,7H,5,8H2,1-2H3,(H,15,18). The van der Waals surface area contributed by atoms with Crippen LogP contribution in [-0.4, -0.2) is 15.5 Å². The third-order valence-corrected chi connectivity index (χ3v) is 2.90. The summed E-state index contributed by atoms with van der Waals surface area (Å²) in [4.78, 5) is 15.6. The Morgan fingerprint density at radius 3 is 3.06 bits per heavy atom. The van der Waals surface area contributed by atoms with Gasteiger partial charge in [0.05, 0.1) is 17.1 Å². The van der Waals surface area contributed by atoms with Gasteiger partial charge in [-0.05, 0) is 24.6 Å². The number of fused-ring (bicyclic) bond motifs is 1. The van der Waals surface area contributed by atoms with E-state index in [2.05, 4.69) is 10.3 Å². The maximum Gasteiger partial charge on any atom is 0.234 e. The van der Waals surface area contributed by atoms with E-state index in [-0.39, 0.29) is 12.3 Å². The van der Waals surface area contributed by atoms with Crippen molar-refractivity contribution in [2.75, 3.05) is 0 Å². The maximum atomic E-state index is 11.2. The summed E-state index contributed by atoms with van der Waals surface area (Å²) in [5, 5.41) is 11.1. The number of nitrogens with one attached hydrogen (secondary N) is 1. The van der Waals surface area contributed by atoms with Crippen molar-refractivity contribution in [1.29, 1.82) is 5.26 Å². The van der Waals surface area contributed by atoms with Crippen LogP contribution in [0.25, 0.3) is 11.0 Å². The third-order valence-electron chi connectivity index (χ3n) is 2.90. The van der Waals surface area contributed by atoms with E-state index in [1.165, 1.54) is 0 Å². The molecule has 0 aliphatic carbocycles. The molecule has 0 atom stereocenters. The van der Waals surface area contributed by atoms with Crippen molar-refractivity contribution in [2.24, 2.45) is 7.05 Å². The molecular formula is C13H14N4O. The lowest BCUT2D eigenvalue weighted by Gasteiger charge is -2.03. The average molecular weight is 242 g/mol. The summed E-state index contributed by atoms with van der Waals surface area (Å²) in [5.74, 6) is 0.700. The van der Waals surface area contributed by atoms with E-state index in [0.717, 1.165) is 22.4 Å². The van der Waals surface area contributed by atoms with E-state index in [0.29, 0.717) is 6.54 Å². The fourth-order valence-corrected chi connectivity index (χ4v) is 1.81. The van der Waals surface area contributed by atoms with E-state index in [9.17, 15) is 4.79 Å². The van der Waals surface area contributed by atoms with Gasteiger partial charge in [-0.15, -0.1) is 0 Å². The van der Waals surface area contributed by atoms with Crippen LogP contribution in [0.2, 0.25) is 0 Å². The van der Waals surface area contributed by atoms with Crippen LogP contribution in [0.15, 0.2) is 18.2 Å². The zero-order valence-corrected chi connectivity index (χ0v) is 10.4. The number of hydrogen-bond acceptors (Lipinski definition) is 3. The van der Waals surface area contributed by atoms with Crippen LogP contribution < -0.4 is 5.32 Å². The molecule has 0 bridgehead atoms. The number of hydrogen-bond donors (Lipinski definition) is 1. The number of rotatable bonds is 3. The number of imidazole rings is 1.